The van der Waals surface area contributed by atoms with Crippen LogP contribution < -0.4 is 10.6 Å². The lowest BCUT2D eigenvalue weighted by molar-refractivity contribution is 0.496. The van der Waals surface area contributed by atoms with E-state index in [1.165, 1.54) is 0 Å². The van der Waals surface area contributed by atoms with Gasteiger partial charge >= 0.3 is 0 Å². The minimum atomic E-state index is 0. The average molecular weight is 356 g/mol. The predicted molar refractivity (Wildman–Crippen MR) is 94.7 cm³/mol. The molecule has 4 heterocycles. The molecule has 0 saturated carbocycles. The van der Waals surface area contributed by atoms with Gasteiger partial charge in [0.25, 0.3) is 0 Å². The zero-order valence-electron chi connectivity index (χ0n) is 12.4. The topological polar surface area (TPSA) is 67.9 Å². The third kappa shape index (κ3) is 3.60. The molecule has 23 heavy (non-hydrogen) atoms. The summed E-state index contributed by atoms with van der Waals surface area (Å²) < 4.78 is 7.54. The van der Waals surface area contributed by atoms with Crippen molar-refractivity contribution in [2.24, 2.45) is 0 Å². The van der Waals surface area contributed by atoms with E-state index in [2.05, 4.69) is 25.2 Å². The molecule has 0 radical (unpaired) electrons. The van der Waals surface area contributed by atoms with Gasteiger partial charge in [-0.15, -0.1) is 24.8 Å². The highest BCUT2D eigenvalue weighted by atomic mass is 35.5. The molecule has 1 aliphatic heterocycles. The molecule has 3 aromatic rings. The molecular formula is C15H19Cl2N5O. The van der Waals surface area contributed by atoms with Crippen LogP contribution in [-0.2, 0) is 6.54 Å². The molecule has 0 aliphatic carbocycles. The first kappa shape index (κ1) is 17.6. The fourth-order valence-electron chi connectivity index (χ4n) is 2.74. The number of nitrogens with zero attached hydrogens (tertiary/aromatic N) is 3. The Hall–Kier alpha value is -1.76. The van der Waals surface area contributed by atoms with E-state index in [1.54, 1.807) is 12.5 Å². The molecule has 124 valence electrons. The van der Waals surface area contributed by atoms with Crippen molar-refractivity contribution in [2.75, 3.05) is 18.4 Å². The standard InChI is InChI=1S/C15H17N5O.2ClH/c1-4-13-14(17-6-1)20(10-12-3-2-8-21-12)15(19-13)18-11-5-7-16-9-11;;/h1-4,6,8,11,16H,5,7,9-10H2,(H,18,19);2*1H. The van der Waals surface area contributed by atoms with Crippen LogP contribution in [0.3, 0.4) is 0 Å². The summed E-state index contributed by atoms with van der Waals surface area (Å²) in [7, 11) is 0. The number of nitrogens with one attached hydrogen (secondary N) is 2. The maximum atomic E-state index is 5.46. The number of anilines is 1. The van der Waals surface area contributed by atoms with Gasteiger partial charge in [-0.25, -0.2) is 9.97 Å². The first-order valence-corrected chi connectivity index (χ1v) is 7.21. The summed E-state index contributed by atoms with van der Waals surface area (Å²) in [6.45, 7) is 2.65. The number of hydrogen-bond acceptors (Lipinski definition) is 5. The van der Waals surface area contributed by atoms with Crippen molar-refractivity contribution in [1.29, 1.82) is 0 Å². The third-order valence-electron chi connectivity index (χ3n) is 3.79. The molecule has 0 bridgehead atoms. The molecule has 1 atom stereocenters. The van der Waals surface area contributed by atoms with Crippen molar-refractivity contribution in [2.45, 2.75) is 19.0 Å². The van der Waals surface area contributed by atoms with Crippen molar-refractivity contribution < 1.29 is 4.42 Å². The minimum Gasteiger partial charge on any atom is -0.467 e. The van der Waals surface area contributed by atoms with Crippen LogP contribution in [-0.4, -0.2) is 33.7 Å². The summed E-state index contributed by atoms with van der Waals surface area (Å²) in [4.78, 5) is 9.14. The largest absolute Gasteiger partial charge is 0.467 e. The zero-order valence-corrected chi connectivity index (χ0v) is 14.1. The highest BCUT2D eigenvalue weighted by Crippen LogP contribution is 2.21. The fourth-order valence-corrected chi connectivity index (χ4v) is 2.74. The SMILES string of the molecule is Cl.Cl.c1coc(Cn2c(NC3CCNC3)nc3cccnc32)c1. The Labute approximate surface area is 146 Å². The van der Waals surface area contributed by atoms with E-state index in [0.717, 1.165) is 42.4 Å². The van der Waals surface area contributed by atoms with Gasteiger partial charge in [0.05, 0.1) is 12.8 Å². The van der Waals surface area contributed by atoms with Crippen LogP contribution in [0.25, 0.3) is 11.2 Å². The summed E-state index contributed by atoms with van der Waals surface area (Å²) >= 11 is 0. The van der Waals surface area contributed by atoms with Crippen LogP contribution >= 0.6 is 24.8 Å². The lowest BCUT2D eigenvalue weighted by Crippen LogP contribution is -2.24. The van der Waals surface area contributed by atoms with Crippen LogP contribution in [0.2, 0.25) is 0 Å². The van der Waals surface area contributed by atoms with Crippen LogP contribution in [0.1, 0.15) is 12.2 Å². The summed E-state index contributed by atoms with van der Waals surface area (Å²) in [5.41, 5.74) is 1.78. The predicted octanol–water partition coefficient (Wildman–Crippen LogP) is 2.69. The quantitative estimate of drug-likeness (QED) is 0.752. The third-order valence-corrected chi connectivity index (χ3v) is 3.79. The van der Waals surface area contributed by atoms with Crippen LogP contribution in [0.15, 0.2) is 41.1 Å². The molecule has 1 saturated heterocycles. The van der Waals surface area contributed by atoms with Gasteiger partial charge in [0.1, 0.15) is 11.3 Å². The number of fused-ring (bicyclic) bond motifs is 1. The summed E-state index contributed by atoms with van der Waals surface area (Å²) in [6, 6.07) is 8.18. The monoisotopic (exact) mass is 355 g/mol. The molecule has 1 unspecified atom stereocenters. The summed E-state index contributed by atoms with van der Waals surface area (Å²) in [5, 5.41) is 6.88. The van der Waals surface area contributed by atoms with Crippen molar-refractivity contribution in [3.63, 3.8) is 0 Å². The van der Waals surface area contributed by atoms with E-state index >= 15 is 0 Å². The maximum absolute atomic E-state index is 5.46. The van der Waals surface area contributed by atoms with Crippen molar-refractivity contribution in [3.8, 4) is 0 Å². The second kappa shape index (κ2) is 7.68. The van der Waals surface area contributed by atoms with E-state index in [4.69, 9.17) is 4.42 Å². The number of aromatic nitrogens is 3. The fraction of sp³-hybridized carbons (Fsp3) is 0.333. The van der Waals surface area contributed by atoms with Gasteiger partial charge in [0, 0.05) is 18.8 Å². The Kier molecular flexibility index (Phi) is 5.87. The Morgan fingerprint density at radius 3 is 2.96 bits per heavy atom. The number of hydrogen-bond donors (Lipinski definition) is 2. The number of furan rings is 1. The van der Waals surface area contributed by atoms with Gasteiger partial charge in [0.15, 0.2) is 5.65 Å². The minimum absolute atomic E-state index is 0. The summed E-state index contributed by atoms with van der Waals surface area (Å²) in [6.07, 6.45) is 4.59. The normalized spacial score (nSPS) is 16.8. The van der Waals surface area contributed by atoms with Crippen molar-refractivity contribution in [1.82, 2.24) is 19.9 Å². The Bertz CT molecular complexity index is 738. The molecule has 8 heteroatoms. The lowest BCUT2D eigenvalue weighted by atomic mass is 10.3. The molecule has 1 aliphatic rings. The average Bonchev–Trinajstić information content (AvgIpc) is 3.23. The van der Waals surface area contributed by atoms with E-state index in [-0.39, 0.29) is 24.8 Å². The first-order chi connectivity index (χ1) is 10.4. The maximum Gasteiger partial charge on any atom is 0.205 e. The molecule has 0 amide bonds. The lowest BCUT2D eigenvalue weighted by Gasteiger charge is -2.13. The van der Waals surface area contributed by atoms with Gasteiger partial charge in [-0.05, 0) is 37.2 Å². The van der Waals surface area contributed by atoms with Crippen molar-refractivity contribution in [3.05, 3.63) is 42.5 Å². The number of imidazole rings is 1. The van der Waals surface area contributed by atoms with E-state index in [0.29, 0.717) is 12.6 Å². The second-order valence-electron chi connectivity index (χ2n) is 5.28. The first-order valence-electron chi connectivity index (χ1n) is 7.21. The highest BCUT2D eigenvalue weighted by molar-refractivity contribution is 5.85. The molecule has 1 fully saturated rings. The van der Waals surface area contributed by atoms with Gasteiger partial charge in [0.2, 0.25) is 5.95 Å². The van der Waals surface area contributed by atoms with Crippen LogP contribution in [0.4, 0.5) is 5.95 Å². The molecule has 2 N–H and O–H groups in total. The number of halogens is 2. The molecule has 0 aromatic carbocycles. The second-order valence-corrected chi connectivity index (χ2v) is 5.28. The Balaban J connectivity index is 0.000000960. The number of rotatable bonds is 4. The molecule has 6 nitrogen and oxygen atoms in total. The highest BCUT2D eigenvalue weighted by Gasteiger charge is 2.19. The molecular weight excluding hydrogens is 337 g/mol. The van der Waals surface area contributed by atoms with E-state index in [1.807, 2.05) is 24.3 Å². The molecule has 4 rings (SSSR count). The van der Waals surface area contributed by atoms with Crippen molar-refractivity contribution >= 4 is 41.9 Å². The Morgan fingerprint density at radius 1 is 1.30 bits per heavy atom. The van der Waals surface area contributed by atoms with Gasteiger partial charge in [-0.2, -0.15) is 0 Å². The number of pyridine rings is 1. The smallest absolute Gasteiger partial charge is 0.205 e. The van der Waals surface area contributed by atoms with Crippen LogP contribution in [0, 0.1) is 0 Å². The van der Waals surface area contributed by atoms with E-state index < -0.39 is 0 Å². The Morgan fingerprint density at radius 2 is 2.22 bits per heavy atom. The van der Waals surface area contributed by atoms with Gasteiger partial charge in [-0.3, -0.25) is 4.57 Å². The van der Waals surface area contributed by atoms with Gasteiger partial charge in [-0.1, -0.05) is 0 Å². The molecule has 0 spiro atoms. The zero-order chi connectivity index (χ0) is 14.1. The summed E-state index contributed by atoms with van der Waals surface area (Å²) in [5.74, 6) is 1.75. The van der Waals surface area contributed by atoms with Crippen LogP contribution in [0.5, 0.6) is 0 Å². The van der Waals surface area contributed by atoms with Gasteiger partial charge < -0.3 is 15.1 Å². The molecule has 3 aromatic heterocycles. The van der Waals surface area contributed by atoms with E-state index in [9.17, 15) is 0 Å².